The highest BCUT2D eigenvalue weighted by atomic mass is 28.4. The minimum Gasteiger partial charge on any atom is -0.409 e. The van der Waals surface area contributed by atoms with Crippen molar-refractivity contribution in [1.82, 2.24) is 0 Å². The monoisotopic (exact) mass is 412 g/mol. The number of carbonyl (C=O) groups excluding carboxylic acids is 1. The molecule has 1 aromatic carbocycles. The highest BCUT2D eigenvalue weighted by Gasteiger charge is 2.51. The first-order chi connectivity index (χ1) is 13.4. The first kappa shape index (κ1) is 22.5. The second-order valence-corrected chi connectivity index (χ2v) is 15.5. The predicted molar refractivity (Wildman–Crippen MR) is 125 cm³/mol. The van der Waals surface area contributed by atoms with E-state index in [-0.39, 0.29) is 11.0 Å². The largest absolute Gasteiger partial charge is 0.409 e. The number of benzene rings is 1. The molecule has 0 N–H and O–H groups in total. The molecule has 0 spiro atoms. The maximum Gasteiger partial charge on any atom is 0.184 e. The van der Waals surface area contributed by atoms with Crippen molar-refractivity contribution < 1.29 is 9.22 Å². The molecule has 1 unspecified atom stereocenters. The van der Waals surface area contributed by atoms with E-state index in [0.717, 1.165) is 25.7 Å². The maximum absolute atomic E-state index is 12.5. The van der Waals surface area contributed by atoms with Gasteiger partial charge in [-0.2, -0.15) is 0 Å². The van der Waals surface area contributed by atoms with Crippen LogP contribution in [0.15, 0.2) is 35.9 Å². The van der Waals surface area contributed by atoms with Crippen molar-refractivity contribution in [2.75, 3.05) is 0 Å². The average Bonchev–Trinajstić information content (AvgIpc) is 2.96. The minimum atomic E-state index is -1.65. The fourth-order valence-corrected chi connectivity index (χ4v) is 7.84. The van der Waals surface area contributed by atoms with Gasteiger partial charge in [-0.25, -0.2) is 0 Å². The zero-order valence-electron chi connectivity index (χ0n) is 19.6. The number of rotatable bonds is 6. The number of ketones is 1. The van der Waals surface area contributed by atoms with Crippen molar-refractivity contribution in [3.8, 4) is 0 Å². The number of hydrogen-bond donors (Lipinski definition) is 0. The molecule has 0 bridgehead atoms. The van der Waals surface area contributed by atoms with Crippen molar-refractivity contribution in [2.45, 2.75) is 91.5 Å². The number of carbonyl (C=O) groups is 1. The van der Waals surface area contributed by atoms with E-state index in [1.165, 1.54) is 29.5 Å². The Morgan fingerprint density at radius 1 is 1.24 bits per heavy atom. The van der Waals surface area contributed by atoms with Crippen molar-refractivity contribution >= 4 is 14.1 Å². The Morgan fingerprint density at radius 2 is 1.93 bits per heavy atom. The molecule has 0 radical (unpaired) electrons. The summed E-state index contributed by atoms with van der Waals surface area (Å²) in [5.41, 5.74) is 4.03. The highest BCUT2D eigenvalue weighted by molar-refractivity contribution is 6.69. The average molecular weight is 413 g/mol. The van der Waals surface area contributed by atoms with Crippen molar-refractivity contribution in [3.05, 3.63) is 47.0 Å². The van der Waals surface area contributed by atoms with E-state index in [9.17, 15) is 4.79 Å². The molecule has 1 aromatic rings. The van der Waals surface area contributed by atoms with Gasteiger partial charge >= 0.3 is 0 Å². The van der Waals surface area contributed by atoms with Gasteiger partial charge in [0.15, 0.2) is 8.32 Å². The van der Waals surface area contributed by atoms with Gasteiger partial charge in [0.2, 0.25) is 0 Å². The summed E-state index contributed by atoms with van der Waals surface area (Å²) in [6.45, 7) is 15.8. The van der Waals surface area contributed by atoms with E-state index in [1.807, 2.05) is 0 Å². The molecule has 29 heavy (non-hydrogen) atoms. The number of fused-ring (bicyclic) bond motifs is 1. The zero-order chi connectivity index (χ0) is 21.4. The van der Waals surface area contributed by atoms with Crippen LogP contribution in [0.25, 0.3) is 0 Å². The molecular formula is C26H40O2Si. The van der Waals surface area contributed by atoms with Crippen LogP contribution in [-0.2, 0) is 21.2 Å². The second-order valence-electron chi connectivity index (χ2n) is 11.0. The lowest BCUT2D eigenvalue weighted by Crippen LogP contribution is -2.37. The fraction of sp³-hybridized carbons (Fsp3) is 0.654. The van der Waals surface area contributed by atoms with Crippen molar-refractivity contribution in [1.29, 1.82) is 0 Å². The van der Waals surface area contributed by atoms with Crippen LogP contribution in [0.4, 0.5) is 0 Å². The van der Waals surface area contributed by atoms with Crippen LogP contribution >= 0.6 is 0 Å². The molecule has 2 saturated carbocycles. The summed E-state index contributed by atoms with van der Waals surface area (Å²) in [6.07, 6.45) is 8.69. The first-order valence-electron chi connectivity index (χ1n) is 11.4. The minimum absolute atomic E-state index is 0.176. The molecule has 160 valence electrons. The Labute approximate surface area is 179 Å². The Balaban J connectivity index is 1.81. The van der Waals surface area contributed by atoms with Gasteiger partial charge in [0, 0.05) is 12.3 Å². The van der Waals surface area contributed by atoms with Crippen molar-refractivity contribution in [3.63, 3.8) is 0 Å². The van der Waals surface area contributed by atoms with E-state index < -0.39 is 8.32 Å². The van der Waals surface area contributed by atoms with Crippen LogP contribution in [0.5, 0.6) is 0 Å². The van der Waals surface area contributed by atoms with Gasteiger partial charge in [0.1, 0.15) is 5.78 Å². The summed E-state index contributed by atoms with van der Waals surface area (Å²) >= 11 is 0. The predicted octanol–water partition coefficient (Wildman–Crippen LogP) is 7.05. The summed E-state index contributed by atoms with van der Waals surface area (Å²) in [5.74, 6) is 1.36. The molecule has 0 saturated heterocycles. The van der Waals surface area contributed by atoms with E-state index in [1.54, 1.807) is 0 Å². The zero-order valence-corrected chi connectivity index (χ0v) is 20.6. The Morgan fingerprint density at radius 3 is 2.62 bits per heavy atom. The lowest BCUT2D eigenvalue weighted by atomic mass is 9.63. The standard InChI is InChI=1S/C26H40O2Si/c1-19(21-16-17-23-24(27)13-10-18-26(21,23)4)14-15-20-11-8-9-12-22(20)25(2,3)28-29(5,6)7/h8-9,11-12,14,21,23H,10,13,15-18H2,1-7H3/t21-,23?,26-/m1/s1. The fourth-order valence-electron chi connectivity index (χ4n) is 6.20. The van der Waals surface area contributed by atoms with Gasteiger partial charge in [-0.15, -0.1) is 0 Å². The normalized spacial score (nSPS) is 28.5. The number of allylic oxidation sites excluding steroid dienone is 2. The summed E-state index contributed by atoms with van der Waals surface area (Å²) in [7, 11) is -1.65. The van der Waals surface area contributed by atoms with Gasteiger partial charge in [-0.3, -0.25) is 4.79 Å². The molecule has 0 aliphatic heterocycles. The van der Waals surface area contributed by atoms with Crippen LogP contribution in [0.2, 0.25) is 19.6 Å². The van der Waals surface area contributed by atoms with Crippen LogP contribution in [0, 0.1) is 17.3 Å². The van der Waals surface area contributed by atoms with Crippen LogP contribution in [0.3, 0.4) is 0 Å². The van der Waals surface area contributed by atoms with Gasteiger partial charge < -0.3 is 4.43 Å². The van der Waals surface area contributed by atoms with Gasteiger partial charge in [-0.05, 0) is 95.0 Å². The third kappa shape index (κ3) is 4.77. The van der Waals surface area contributed by atoms with E-state index in [4.69, 9.17) is 4.43 Å². The molecule has 3 atom stereocenters. The third-order valence-electron chi connectivity index (χ3n) is 7.28. The topological polar surface area (TPSA) is 26.3 Å². The summed E-state index contributed by atoms with van der Waals surface area (Å²) in [4.78, 5) is 12.5. The molecule has 0 heterocycles. The maximum atomic E-state index is 12.5. The molecule has 2 fully saturated rings. The molecule has 3 rings (SSSR count). The third-order valence-corrected chi connectivity index (χ3v) is 8.41. The highest BCUT2D eigenvalue weighted by Crippen LogP contribution is 2.56. The summed E-state index contributed by atoms with van der Waals surface area (Å²) < 4.78 is 6.54. The molecule has 2 nitrogen and oxygen atoms in total. The second kappa shape index (κ2) is 8.15. The molecule has 3 heteroatoms. The lowest BCUT2D eigenvalue weighted by Gasteiger charge is -2.40. The molecule has 0 amide bonds. The first-order valence-corrected chi connectivity index (χ1v) is 14.8. The molecule has 2 aliphatic carbocycles. The van der Waals surface area contributed by atoms with E-state index >= 15 is 0 Å². The SMILES string of the molecule is CC(=CCc1ccccc1C(C)(C)O[Si](C)(C)C)[C@H]1CCC2C(=O)CCC[C@@]21C. The lowest BCUT2D eigenvalue weighted by molar-refractivity contribution is -0.129. The Hall–Kier alpha value is -1.19. The smallest absolute Gasteiger partial charge is 0.184 e. The van der Waals surface area contributed by atoms with E-state index in [0.29, 0.717) is 17.6 Å². The number of Topliss-reactive ketones (excluding diaryl/α,β-unsaturated/α-hetero) is 1. The van der Waals surface area contributed by atoms with Crippen LogP contribution in [0.1, 0.15) is 70.9 Å². The molecular weight excluding hydrogens is 372 g/mol. The van der Waals surface area contributed by atoms with Gasteiger partial charge in [0.05, 0.1) is 5.60 Å². The van der Waals surface area contributed by atoms with Crippen LogP contribution in [-0.4, -0.2) is 14.1 Å². The number of hydrogen-bond acceptors (Lipinski definition) is 2. The van der Waals surface area contributed by atoms with E-state index in [2.05, 4.69) is 77.7 Å². The van der Waals surface area contributed by atoms with Crippen LogP contribution < -0.4 is 0 Å². The van der Waals surface area contributed by atoms with Crippen molar-refractivity contribution in [2.24, 2.45) is 17.3 Å². The Bertz CT molecular complexity index is 786. The quantitative estimate of drug-likeness (QED) is 0.370. The summed E-state index contributed by atoms with van der Waals surface area (Å²) in [5, 5.41) is 0. The Kier molecular flexibility index (Phi) is 6.32. The molecule has 2 aliphatic rings. The molecule has 0 aromatic heterocycles. The summed E-state index contributed by atoms with van der Waals surface area (Å²) in [6, 6.07) is 8.74. The van der Waals surface area contributed by atoms with Gasteiger partial charge in [-0.1, -0.05) is 42.8 Å². The van der Waals surface area contributed by atoms with Gasteiger partial charge in [0.25, 0.3) is 0 Å².